The summed E-state index contributed by atoms with van der Waals surface area (Å²) in [6.45, 7) is 1.32. The lowest BCUT2D eigenvalue weighted by Crippen LogP contribution is -2.51. The largest absolute Gasteiger partial charge is 0.481 e. The van der Waals surface area contributed by atoms with Gasteiger partial charge in [-0.25, -0.2) is 4.79 Å². The Morgan fingerprint density at radius 3 is 2.90 bits per heavy atom. The molecule has 0 aromatic carbocycles. The number of hydrogen-bond donors (Lipinski definition) is 2. The third-order valence-corrected chi connectivity index (χ3v) is 4.99. The number of nitrogens with one attached hydrogen (secondary N) is 1. The van der Waals surface area contributed by atoms with Gasteiger partial charge < -0.3 is 15.3 Å². The summed E-state index contributed by atoms with van der Waals surface area (Å²) in [6, 6.07) is -0.288. The minimum atomic E-state index is -0.840. The maximum absolute atomic E-state index is 12.1. The number of unbranched alkanes of at least 4 members (excludes halogenated alkanes) is 2. The first-order valence-corrected chi connectivity index (χ1v) is 9.53. The van der Waals surface area contributed by atoms with Crippen molar-refractivity contribution in [3.8, 4) is 0 Å². The highest BCUT2D eigenvalue weighted by Gasteiger charge is 2.28. The molecule has 116 valence electrons. The fourth-order valence-corrected chi connectivity index (χ4v) is 3.69. The zero-order chi connectivity index (χ0) is 14.8. The van der Waals surface area contributed by atoms with Crippen LogP contribution in [0.1, 0.15) is 25.7 Å². The Bertz CT molecular complexity index is 316. The minimum Gasteiger partial charge on any atom is -0.481 e. The normalized spacial score (nSPS) is 18.9. The summed E-state index contributed by atoms with van der Waals surface area (Å²) in [6.07, 6.45) is 5.42. The minimum absolute atomic E-state index is 0.0359. The third kappa shape index (κ3) is 6.74. The van der Waals surface area contributed by atoms with E-state index in [-0.39, 0.29) is 18.5 Å². The summed E-state index contributed by atoms with van der Waals surface area (Å²) < 4.78 is 0. The van der Waals surface area contributed by atoms with Gasteiger partial charge in [-0.1, -0.05) is 6.42 Å². The lowest BCUT2D eigenvalue weighted by Gasteiger charge is -2.34. The second kappa shape index (κ2) is 10.2. The quantitative estimate of drug-likeness (QED) is 0.671. The Morgan fingerprint density at radius 2 is 2.20 bits per heavy atom. The van der Waals surface area contributed by atoms with Crippen LogP contribution in [0, 0.1) is 0 Å². The van der Waals surface area contributed by atoms with Gasteiger partial charge in [-0.3, -0.25) is 4.79 Å². The summed E-state index contributed by atoms with van der Waals surface area (Å²) in [4.78, 5) is 24.6. The number of nitrogens with zero attached hydrogens (tertiary/aromatic N) is 1. The maximum Gasteiger partial charge on any atom is 0.317 e. The van der Waals surface area contributed by atoms with Crippen molar-refractivity contribution in [3.05, 3.63) is 0 Å². The van der Waals surface area contributed by atoms with Crippen LogP contribution in [0.2, 0.25) is 0 Å². The van der Waals surface area contributed by atoms with Crippen molar-refractivity contribution >= 4 is 35.5 Å². The topological polar surface area (TPSA) is 69.6 Å². The molecular weight excluding hydrogens is 296 g/mol. The van der Waals surface area contributed by atoms with E-state index in [0.717, 1.165) is 24.3 Å². The van der Waals surface area contributed by atoms with Crippen LogP contribution >= 0.6 is 23.5 Å². The van der Waals surface area contributed by atoms with Gasteiger partial charge in [0, 0.05) is 24.6 Å². The Morgan fingerprint density at radius 1 is 1.40 bits per heavy atom. The highest BCUT2D eigenvalue weighted by Crippen LogP contribution is 2.19. The monoisotopic (exact) mass is 320 g/mol. The van der Waals surface area contributed by atoms with Crippen LogP contribution in [-0.4, -0.2) is 64.7 Å². The van der Waals surface area contributed by atoms with Gasteiger partial charge in [0.25, 0.3) is 0 Å². The molecule has 1 unspecified atom stereocenters. The van der Waals surface area contributed by atoms with Crippen molar-refractivity contribution in [2.24, 2.45) is 0 Å². The Kier molecular flexibility index (Phi) is 8.93. The summed E-state index contributed by atoms with van der Waals surface area (Å²) in [7, 11) is 0. The molecule has 0 radical (unpaired) electrons. The lowest BCUT2D eigenvalue weighted by molar-refractivity contribution is -0.137. The van der Waals surface area contributed by atoms with E-state index in [2.05, 4.69) is 11.6 Å². The van der Waals surface area contributed by atoms with Crippen LogP contribution < -0.4 is 5.32 Å². The number of carboxylic acid groups (broad SMARTS) is 1. The number of carboxylic acids is 1. The lowest BCUT2D eigenvalue weighted by atomic mass is 10.2. The Labute approximate surface area is 129 Å². The molecule has 1 fully saturated rings. The molecule has 5 nitrogen and oxygen atoms in total. The number of carbonyl (C=O) groups is 2. The third-order valence-electron chi connectivity index (χ3n) is 3.20. The molecular formula is C13H24N2O3S2. The van der Waals surface area contributed by atoms with E-state index in [4.69, 9.17) is 5.11 Å². The summed E-state index contributed by atoms with van der Waals surface area (Å²) in [5.74, 6) is 1.93. The molecule has 1 saturated heterocycles. The van der Waals surface area contributed by atoms with E-state index in [0.29, 0.717) is 18.8 Å². The summed E-state index contributed by atoms with van der Waals surface area (Å²) in [5, 5.41) is 11.8. The van der Waals surface area contributed by atoms with Crippen LogP contribution in [0.4, 0.5) is 4.79 Å². The molecule has 0 spiro atoms. The first-order chi connectivity index (χ1) is 9.65. The van der Waals surface area contributed by atoms with Crippen molar-refractivity contribution in [3.63, 3.8) is 0 Å². The average Bonchev–Trinajstić information content (AvgIpc) is 2.42. The van der Waals surface area contributed by atoms with Gasteiger partial charge in [-0.2, -0.15) is 23.5 Å². The molecule has 0 saturated carbocycles. The molecule has 0 aromatic rings. The van der Waals surface area contributed by atoms with Gasteiger partial charge in [-0.15, -0.1) is 0 Å². The van der Waals surface area contributed by atoms with E-state index in [1.807, 2.05) is 11.8 Å². The SMILES string of the molecule is CSCCCCCNC(=O)N1CCSCC1CC(=O)O. The molecule has 7 heteroatoms. The highest BCUT2D eigenvalue weighted by atomic mass is 32.2. The van der Waals surface area contributed by atoms with E-state index < -0.39 is 5.97 Å². The van der Waals surface area contributed by atoms with Crippen LogP contribution in [0.3, 0.4) is 0 Å². The van der Waals surface area contributed by atoms with Crippen LogP contribution in [0.25, 0.3) is 0 Å². The first-order valence-electron chi connectivity index (χ1n) is 6.98. The zero-order valence-electron chi connectivity index (χ0n) is 12.0. The first kappa shape index (κ1) is 17.5. The molecule has 2 N–H and O–H groups in total. The van der Waals surface area contributed by atoms with Gasteiger partial charge in [0.05, 0.1) is 12.5 Å². The number of urea groups is 1. The van der Waals surface area contributed by atoms with Crippen molar-refractivity contribution in [2.75, 3.05) is 36.6 Å². The van der Waals surface area contributed by atoms with Gasteiger partial charge in [0.1, 0.15) is 0 Å². The molecule has 1 aliphatic rings. The number of aliphatic carboxylic acids is 1. The molecule has 0 aliphatic carbocycles. The van der Waals surface area contributed by atoms with Crippen molar-refractivity contribution < 1.29 is 14.7 Å². The molecule has 1 aliphatic heterocycles. The standard InChI is InChI=1S/C13H24N2O3S2/c1-19-7-4-2-3-5-14-13(18)15-6-8-20-10-11(15)9-12(16)17/h11H,2-10H2,1H3,(H,14,18)(H,16,17). The number of rotatable bonds is 8. The summed E-state index contributed by atoms with van der Waals surface area (Å²) in [5.41, 5.74) is 0. The van der Waals surface area contributed by atoms with E-state index in [1.54, 1.807) is 16.7 Å². The summed E-state index contributed by atoms with van der Waals surface area (Å²) >= 11 is 3.56. The zero-order valence-corrected chi connectivity index (χ0v) is 13.6. The Hall–Kier alpha value is -0.560. The van der Waals surface area contributed by atoms with Crippen molar-refractivity contribution in [2.45, 2.75) is 31.7 Å². The predicted molar refractivity (Wildman–Crippen MR) is 85.7 cm³/mol. The molecule has 0 aromatic heterocycles. The smallest absolute Gasteiger partial charge is 0.317 e. The van der Waals surface area contributed by atoms with Crippen LogP contribution in [0.15, 0.2) is 0 Å². The number of hydrogen-bond acceptors (Lipinski definition) is 4. The van der Waals surface area contributed by atoms with Crippen LogP contribution in [-0.2, 0) is 4.79 Å². The van der Waals surface area contributed by atoms with Crippen molar-refractivity contribution in [1.29, 1.82) is 0 Å². The van der Waals surface area contributed by atoms with Gasteiger partial charge in [0.2, 0.25) is 0 Å². The van der Waals surface area contributed by atoms with E-state index in [1.165, 1.54) is 6.42 Å². The number of amides is 2. The number of carbonyl (C=O) groups excluding carboxylic acids is 1. The average molecular weight is 320 g/mol. The molecule has 2 amide bonds. The molecule has 1 atom stereocenters. The van der Waals surface area contributed by atoms with Gasteiger partial charge >= 0.3 is 12.0 Å². The predicted octanol–water partition coefficient (Wildman–Crippen LogP) is 2.12. The number of thioether (sulfide) groups is 2. The fraction of sp³-hybridized carbons (Fsp3) is 0.846. The van der Waals surface area contributed by atoms with Gasteiger partial charge in [-0.05, 0) is 24.9 Å². The van der Waals surface area contributed by atoms with E-state index in [9.17, 15) is 9.59 Å². The molecule has 1 heterocycles. The fourth-order valence-electron chi connectivity index (χ4n) is 2.14. The Balaban J connectivity index is 2.26. The highest BCUT2D eigenvalue weighted by molar-refractivity contribution is 7.99. The maximum atomic E-state index is 12.1. The van der Waals surface area contributed by atoms with Crippen LogP contribution in [0.5, 0.6) is 0 Å². The molecule has 0 bridgehead atoms. The van der Waals surface area contributed by atoms with Crippen molar-refractivity contribution in [1.82, 2.24) is 10.2 Å². The van der Waals surface area contributed by atoms with Gasteiger partial charge in [0.15, 0.2) is 0 Å². The molecule has 1 rings (SSSR count). The second-order valence-corrected chi connectivity index (χ2v) is 6.94. The van der Waals surface area contributed by atoms with E-state index >= 15 is 0 Å². The second-order valence-electron chi connectivity index (χ2n) is 4.81. The molecule has 20 heavy (non-hydrogen) atoms.